The second kappa shape index (κ2) is 14.3. The van der Waals surface area contributed by atoms with Gasteiger partial charge < -0.3 is 25.2 Å². The van der Waals surface area contributed by atoms with Crippen molar-refractivity contribution < 1.29 is 32.3 Å². The maximum atomic E-state index is 14.4. The Morgan fingerprint density at radius 2 is 1.76 bits per heavy atom. The smallest absolute Gasteiger partial charge is 0.387 e. The van der Waals surface area contributed by atoms with Crippen LogP contribution in [0.4, 0.5) is 24.5 Å². The quantitative estimate of drug-likeness (QED) is 0.272. The van der Waals surface area contributed by atoms with Gasteiger partial charge in [-0.1, -0.05) is 30.3 Å². The SMILES string of the molecule is CN[C@@H](C)C(=O)N[C@H]1CN(C(=O)c2ccc(F)cc2)c2cc(C#N)ccc2N(Cc2c(OC(F)F)ccc3ccccc23)C1=O.Cl. The lowest BCUT2D eigenvalue weighted by Gasteiger charge is -2.27. The van der Waals surface area contributed by atoms with Gasteiger partial charge >= 0.3 is 6.61 Å². The van der Waals surface area contributed by atoms with E-state index in [2.05, 4.69) is 10.6 Å². The van der Waals surface area contributed by atoms with E-state index in [0.717, 1.165) is 12.1 Å². The summed E-state index contributed by atoms with van der Waals surface area (Å²) >= 11 is 0. The highest BCUT2D eigenvalue weighted by molar-refractivity contribution is 6.13. The number of carbonyl (C=O) groups is 3. The van der Waals surface area contributed by atoms with E-state index in [1.54, 1.807) is 44.3 Å². The molecule has 0 unspecified atom stereocenters. The number of fused-ring (bicyclic) bond motifs is 2. The lowest BCUT2D eigenvalue weighted by atomic mass is 10.0. The number of hydrogen-bond donors (Lipinski definition) is 2. The first kappa shape index (κ1) is 33.8. The molecule has 238 valence electrons. The Balaban J connectivity index is 0.00000480. The summed E-state index contributed by atoms with van der Waals surface area (Å²) in [6.45, 7) is -2.18. The van der Waals surface area contributed by atoms with E-state index in [9.17, 15) is 32.8 Å². The molecule has 0 fully saturated rings. The number of nitrogens with zero attached hydrogens (tertiary/aromatic N) is 3. The van der Waals surface area contributed by atoms with E-state index in [4.69, 9.17) is 4.74 Å². The van der Waals surface area contributed by atoms with E-state index >= 15 is 0 Å². The summed E-state index contributed by atoms with van der Waals surface area (Å²) in [5.41, 5.74) is 0.886. The van der Waals surface area contributed by atoms with Crippen LogP contribution in [0.25, 0.3) is 10.8 Å². The Hall–Kier alpha value is -5.12. The fourth-order valence-electron chi connectivity index (χ4n) is 5.19. The number of benzene rings is 4. The Morgan fingerprint density at radius 3 is 2.43 bits per heavy atom. The molecule has 1 aliphatic heterocycles. The number of ether oxygens (including phenoxy) is 1. The molecule has 2 N–H and O–H groups in total. The standard InChI is InChI=1S/C33H28F3N5O4.ClH/c1-19(38-2)30(42)39-26-18-41(31(43)22-8-11-23(34)12-9-22)28-15-20(16-37)7-13-27(28)40(32(26)44)17-25-24-6-4-3-5-21(24)10-14-29(25)45-33(35)36;/h3-15,19,26,33,38H,17-18H2,1-2H3,(H,39,42);1H/t19-,26-;/m0./s1. The minimum atomic E-state index is -3.14. The van der Waals surface area contributed by atoms with Crippen LogP contribution in [0.2, 0.25) is 0 Å². The molecule has 46 heavy (non-hydrogen) atoms. The molecule has 3 amide bonds. The molecule has 1 heterocycles. The predicted octanol–water partition coefficient (Wildman–Crippen LogP) is 5.16. The zero-order chi connectivity index (χ0) is 32.2. The van der Waals surface area contributed by atoms with Crippen LogP contribution in [-0.2, 0) is 16.1 Å². The first-order valence-electron chi connectivity index (χ1n) is 14.0. The summed E-state index contributed by atoms with van der Waals surface area (Å²) in [5, 5.41) is 16.5. The molecule has 0 aliphatic carbocycles. The second-order valence-electron chi connectivity index (χ2n) is 10.4. The largest absolute Gasteiger partial charge is 0.434 e. The van der Waals surface area contributed by atoms with E-state index in [1.165, 1.54) is 46.2 Å². The highest BCUT2D eigenvalue weighted by Gasteiger charge is 2.38. The van der Waals surface area contributed by atoms with Gasteiger partial charge in [0.15, 0.2) is 0 Å². The van der Waals surface area contributed by atoms with Crippen molar-refractivity contribution in [2.24, 2.45) is 0 Å². The number of nitriles is 1. The molecular formula is C33H29ClF3N5O4. The lowest BCUT2D eigenvalue weighted by Crippen LogP contribution is -2.55. The van der Waals surface area contributed by atoms with Gasteiger partial charge in [-0.3, -0.25) is 14.4 Å². The summed E-state index contributed by atoms with van der Waals surface area (Å²) in [6.07, 6.45) is 0. The minimum Gasteiger partial charge on any atom is -0.434 e. The average Bonchev–Trinajstić information content (AvgIpc) is 3.15. The first-order chi connectivity index (χ1) is 21.6. The van der Waals surface area contributed by atoms with Crippen LogP contribution in [0, 0.1) is 17.1 Å². The van der Waals surface area contributed by atoms with Crippen molar-refractivity contribution in [1.29, 1.82) is 5.26 Å². The average molecular weight is 652 g/mol. The monoisotopic (exact) mass is 651 g/mol. The number of likely N-dealkylation sites (N-methyl/N-ethyl adjacent to an activating group) is 1. The van der Waals surface area contributed by atoms with E-state index in [1.807, 2.05) is 6.07 Å². The molecular weight excluding hydrogens is 623 g/mol. The summed E-state index contributed by atoms with van der Waals surface area (Å²) in [5.74, 6) is -2.49. The summed E-state index contributed by atoms with van der Waals surface area (Å²) in [6, 6.07) is 19.2. The zero-order valence-corrected chi connectivity index (χ0v) is 25.5. The third-order valence-corrected chi connectivity index (χ3v) is 7.62. The Kier molecular flexibility index (Phi) is 10.5. The molecule has 4 aromatic carbocycles. The van der Waals surface area contributed by atoms with Crippen molar-refractivity contribution in [2.75, 3.05) is 23.4 Å². The van der Waals surface area contributed by atoms with Gasteiger partial charge in [-0.05, 0) is 73.3 Å². The van der Waals surface area contributed by atoms with E-state index < -0.39 is 42.2 Å². The number of carbonyl (C=O) groups excluding carboxylic acids is 3. The number of alkyl halides is 2. The van der Waals surface area contributed by atoms with Crippen molar-refractivity contribution in [2.45, 2.75) is 32.2 Å². The van der Waals surface area contributed by atoms with Gasteiger partial charge in [0.25, 0.3) is 11.8 Å². The van der Waals surface area contributed by atoms with Gasteiger partial charge in [-0.25, -0.2) is 4.39 Å². The number of rotatable bonds is 8. The molecule has 4 aromatic rings. The lowest BCUT2D eigenvalue weighted by molar-refractivity contribution is -0.128. The molecule has 0 saturated carbocycles. The van der Waals surface area contributed by atoms with Crippen LogP contribution < -0.4 is 25.2 Å². The van der Waals surface area contributed by atoms with Gasteiger partial charge in [-0.15, -0.1) is 12.4 Å². The predicted molar refractivity (Wildman–Crippen MR) is 169 cm³/mol. The van der Waals surface area contributed by atoms with Gasteiger partial charge in [0.1, 0.15) is 17.6 Å². The van der Waals surface area contributed by atoms with Crippen molar-refractivity contribution >= 4 is 52.3 Å². The van der Waals surface area contributed by atoms with Crippen LogP contribution in [0.15, 0.2) is 78.9 Å². The van der Waals surface area contributed by atoms with Crippen LogP contribution >= 0.6 is 12.4 Å². The summed E-state index contributed by atoms with van der Waals surface area (Å²) in [4.78, 5) is 43.9. The third kappa shape index (κ3) is 6.91. The molecule has 0 spiro atoms. The topological polar surface area (TPSA) is 115 Å². The van der Waals surface area contributed by atoms with Crippen LogP contribution in [0.1, 0.15) is 28.4 Å². The van der Waals surface area contributed by atoms with E-state index in [0.29, 0.717) is 10.8 Å². The van der Waals surface area contributed by atoms with Crippen molar-refractivity contribution in [3.05, 3.63) is 101 Å². The van der Waals surface area contributed by atoms with Crippen LogP contribution in [0.5, 0.6) is 5.75 Å². The number of nitrogens with one attached hydrogen (secondary N) is 2. The van der Waals surface area contributed by atoms with Crippen LogP contribution in [-0.4, -0.2) is 50.0 Å². The van der Waals surface area contributed by atoms with Gasteiger partial charge in [0, 0.05) is 11.1 Å². The summed E-state index contributed by atoms with van der Waals surface area (Å²) < 4.78 is 45.6. The minimum absolute atomic E-state index is 0. The van der Waals surface area contributed by atoms with Crippen molar-refractivity contribution in [1.82, 2.24) is 10.6 Å². The van der Waals surface area contributed by atoms with E-state index in [-0.39, 0.29) is 59.3 Å². The highest BCUT2D eigenvalue weighted by Crippen LogP contribution is 2.38. The van der Waals surface area contributed by atoms with Gasteiger partial charge in [0.05, 0.1) is 42.1 Å². The highest BCUT2D eigenvalue weighted by atomic mass is 35.5. The zero-order valence-electron chi connectivity index (χ0n) is 24.7. The number of hydrogen-bond acceptors (Lipinski definition) is 6. The second-order valence-corrected chi connectivity index (χ2v) is 10.4. The number of halogens is 4. The fraction of sp³-hybridized carbons (Fsp3) is 0.212. The normalized spacial score (nSPS) is 15.0. The molecule has 9 nitrogen and oxygen atoms in total. The number of amides is 3. The Morgan fingerprint density at radius 1 is 1.04 bits per heavy atom. The maximum absolute atomic E-state index is 14.4. The first-order valence-corrected chi connectivity index (χ1v) is 14.0. The maximum Gasteiger partial charge on any atom is 0.387 e. The van der Waals surface area contributed by atoms with Crippen LogP contribution in [0.3, 0.4) is 0 Å². The molecule has 13 heteroatoms. The summed E-state index contributed by atoms with van der Waals surface area (Å²) in [7, 11) is 1.57. The molecule has 0 aromatic heterocycles. The molecule has 0 saturated heterocycles. The fourth-order valence-corrected chi connectivity index (χ4v) is 5.19. The molecule has 2 atom stereocenters. The molecule has 0 radical (unpaired) electrons. The van der Waals surface area contributed by atoms with Gasteiger partial charge in [-0.2, -0.15) is 14.0 Å². The third-order valence-electron chi connectivity index (χ3n) is 7.62. The Bertz CT molecular complexity index is 1820. The number of anilines is 2. The van der Waals surface area contributed by atoms with Crippen molar-refractivity contribution in [3.63, 3.8) is 0 Å². The Labute approximate surface area is 268 Å². The van der Waals surface area contributed by atoms with Gasteiger partial charge in [0.2, 0.25) is 5.91 Å². The molecule has 1 aliphatic rings. The van der Waals surface area contributed by atoms with Crippen molar-refractivity contribution in [3.8, 4) is 11.8 Å². The molecule has 5 rings (SSSR count). The molecule has 0 bridgehead atoms.